The Morgan fingerprint density at radius 2 is 2.20 bits per heavy atom. The molecule has 3 rings (SSSR count). The van der Waals surface area contributed by atoms with Crippen molar-refractivity contribution in [3.8, 4) is 5.75 Å². The van der Waals surface area contributed by atoms with Crippen molar-refractivity contribution in [2.75, 3.05) is 19.4 Å². The second kappa shape index (κ2) is 5.35. The topological polar surface area (TPSA) is 64.3 Å². The summed E-state index contributed by atoms with van der Waals surface area (Å²) in [7, 11) is 1.58. The lowest BCUT2D eigenvalue weighted by molar-refractivity contribution is 0.0941. The zero-order chi connectivity index (χ0) is 14.1. The van der Waals surface area contributed by atoms with Gasteiger partial charge >= 0.3 is 0 Å². The van der Waals surface area contributed by atoms with Crippen LogP contribution in [-0.2, 0) is 0 Å². The normalized spacial score (nSPS) is 27.6. The summed E-state index contributed by atoms with van der Waals surface area (Å²) in [5.74, 6) is 2.97. The number of nitrogen functional groups attached to an aromatic ring is 1. The summed E-state index contributed by atoms with van der Waals surface area (Å²) < 4.78 is 5.14. The molecule has 3 N–H and O–H groups in total. The van der Waals surface area contributed by atoms with Gasteiger partial charge < -0.3 is 15.8 Å². The smallest absolute Gasteiger partial charge is 0.251 e. The molecule has 3 unspecified atom stereocenters. The van der Waals surface area contributed by atoms with Crippen molar-refractivity contribution in [2.45, 2.75) is 25.7 Å². The number of carbonyl (C=O) groups excluding carboxylic acids is 1. The number of carbonyl (C=O) groups is 1. The van der Waals surface area contributed by atoms with E-state index in [9.17, 15) is 4.79 Å². The quantitative estimate of drug-likeness (QED) is 0.829. The second-order valence-corrected chi connectivity index (χ2v) is 6.14. The highest BCUT2D eigenvalue weighted by Gasteiger charge is 2.39. The Balaban J connectivity index is 1.60. The maximum absolute atomic E-state index is 12.2. The predicted molar refractivity (Wildman–Crippen MR) is 78.7 cm³/mol. The van der Waals surface area contributed by atoms with E-state index in [0.717, 1.165) is 18.4 Å². The summed E-state index contributed by atoms with van der Waals surface area (Å²) in [5.41, 5.74) is 6.90. The van der Waals surface area contributed by atoms with Crippen molar-refractivity contribution in [1.29, 1.82) is 0 Å². The van der Waals surface area contributed by atoms with Gasteiger partial charge in [0.2, 0.25) is 0 Å². The molecule has 2 aliphatic carbocycles. The Bertz CT molecular complexity index is 515. The maximum atomic E-state index is 12.2. The van der Waals surface area contributed by atoms with Gasteiger partial charge in [0.15, 0.2) is 0 Å². The van der Waals surface area contributed by atoms with Crippen molar-refractivity contribution in [2.24, 2.45) is 17.8 Å². The van der Waals surface area contributed by atoms with Crippen LogP contribution in [0.1, 0.15) is 36.0 Å². The lowest BCUT2D eigenvalue weighted by atomic mass is 9.89. The van der Waals surface area contributed by atoms with E-state index in [4.69, 9.17) is 10.5 Å². The minimum Gasteiger partial charge on any atom is -0.497 e. The van der Waals surface area contributed by atoms with E-state index in [1.165, 1.54) is 25.7 Å². The Hall–Kier alpha value is -1.71. The second-order valence-electron chi connectivity index (χ2n) is 6.14. The third-order valence-corrected chi connectivity index (χ3v) is 4.84. The van der Waals surface area contributed by atoms with Crippen LogP contribution in [0.5, 0.6) is 5.75 Å². The van der Waals surface area contributed by atoms with Crippen LogP contribution >= 0.6 is 0 Å². The lowest BCUT2D eigenvalue weighted by Gasteiger charge is -2.21. The minimum absolute atomic E-state index is 0.0571. The number of anilines is 1. The van der Waals surface area contributed by atoms with Gasteiger partial charge in [0.05, 0.1) is 7.11 Å². The molecule has 0 spiro atoms. The zero-order valence-corrected chi connectivity index (χ0v) is 11.9. The highest BCUT2D eigenvalue weighted by atomic mass is 16.5. The van der Waals surface area contributed by atoms with Crippen molar-refractivity contribution in [1.82, 2.24) is 5.32 Å². The summed E-state index contributed by atoms with van der Waals surface area (Å²) >= 11 is 0. The molecule has 1 aromatic rings. The number of amides is 1. The average molecular weight is 274 g/mol. The summed E-state index contributed by atoms with van der Waals surface area (Å²) in [6.07, 6.45) is 5.39. The van der Waals surface area contributed by atoms with Gasteiger partial charge in [0.25, 0.3) is 5.91 Å². The lowest BCUT2D eigenvalue weighted by Crippen LogP contribution is -2.31. The standard InChI is InChI=1S/C16H22N2O2/c1-20-15-7-12(6-14(17)8-15)16(19)18-9-13-5-10-2-3-11(13)4-10/h6-8,10-11,13H,2-5,9,17H2,1H3,(H,18,19). The largest absolute Gasteiger partial charge is 0.497 e. The van der Waals surface area contributed by atoms with Gasteiger partial charge in [-0.2, -0.15) is 0 Å². The molecular weight excluding hydrogens is 252 g/mol. The summed E-state index contributed by atoms with van der Waals surface area (Å²) in [4.78, 5) is 12.2. The number of ether oxygens (including phenoxy) is 1. The molecule has 2 fully saturated rings. The zero-order valence-electron chi connectivity index (χ0n) is 11.9. The maximum Gasteiger partial charge on any atom is 0.251 e. The van der Waals surface area contributed by atoms with Crippen molar-refractivity contribution in [3.63, 3.8) is 0 Å². The first kappa shape index (κ1) is 13.3. The van der Waals surface area contributed by atoms with Crippen LogP contribution in [0.4, 0.5) is 5.69 Å². The van der Waals surface area contributed by atoms with Crippen LogP contribution in [0.2, 0.25) is 0 Å². The summed E-state index contributed by atoms with van der Waals surface area (Å²) in [6.45, 7) is 0.789. The van der Waals surface area contributed by atoms with Gasteiger partial charge in [-0.15, -0.1) is 0 Å². The van der Waals surface area contributed by atoms with Crippen LogP contribution < -0.4 is 15.8 Å². The average Bonchev–Trinajstić information content (AvgIpc) is 3.06. The molecule has 2 bridgehead atoms. The first-order valence-corrected chi connectivity index (χ1v) is 7.38. The van der Waals surface area contributed by atoms with E-state index >= 15 is 0 Å². The molecule has 0 aromatic heterocycles. The number of methoxy groups -OCH3 is 1. The number of nitrogens with two attached hydrogens (primary N) is 1. The third kappa shape index (κ3) is 2.60. The first-order valence-electron chi connectivity index (χ1n) is 7.38. The molecule has 2 aliphatic rings. The first-order chi connectivity index (χ1) is 9.65. The molecule has 20 heavy (non-hydrogen) atoms. The van der Waals surface area contributed by atoms with E-state index in [-0.39, 0.29) is 5.91 Å². The molecule has 0 aliphatic heterocycles. The van der Waals surface area contributed by atoms with Crippen LogP contribution in [0.3, 0.4) is 0 Å². The summed E-state index contributed by atoms with van der Waals surface area (Å²) in [5, 5.41) is 3.05. The molecule has 0 saturated heterocycles. The van der Waals surface area contributed by atoms with Crippen molar-refractivity contribution < 1.29 is 9.53 Å². The Morgan fingerprint density at radius 3 is 2.85 bits per heavy atom. The van der Waals surface area contributed by atoms with Crippen LogP contribution in [0, 0.1) is 17.8 Å². The van der Waals surface area contributed by atoms with E-state index in [1.54, 1.807) is 25.3 Å². The van der Waals surface area contributed by atoms with Crippen LogP contribution in [0.25, 0.3) is 0 Å². The third-order valence-electron chi connectivity index (χ3n) is 4.84. The van der Waals surface area contributed by atoms with Crippen molar-refractivity contribution in [3.05, 3.63) is 23.8 Å². The van der Waals surface area contributed by atoms with E-state index in [0.29, 0.717) is 22.9 Å². The fourth-order valence-corrected chi connectivity index (χ4v) is 3.82. The van der Waals surface area contributed by atoms with Gasteiger partial charge in [-0.05, 0) is 49.1 Å². The van der Waals surface area contributed by atoms with Crippen LogP contribution in [0.15, 0.2) is 18.2 Å². The van der Waals surface area contributed by atoms with Gasteiger partial charge in [0, 0.05) is 23.9 Å². The molecule has 4 heteroatoms. The number of rotatable bonds is 4. The van der Waals surface area contributed by atoms with Gasteiger partial charge in [-0.25, -0.2) is 0 Å². The number of hydrogen-bond acceptors (Lipinski definition) is 3. The monoisotopic (exact) mass is 274 g/mol. The minimum atomic E-state index is -0.0571. The Kier molecular flexibility index (Phi) is 3.55. The predicted octanol–water partition coefficient (Wildman–Crippen LogP) is 2.44. The van der Waals surface area contributed by atoms with Crippen LogP contribution in [-0.4, -0.2) is 19.6 Å². The summed E-state index contributed by atoms with van der Waals surface area (Å²) in [6, 6.07) is 5.14. The fraction of sp³-hybridized carbons (Fsp3) is 0.562. The number of benzene rings is 1. The SMILES string of the molecule is COc1cc(N)cc(C(=O)NCC2CC3CCC2C3)c1. The molecule has 0 heterocycles. The molecule has 1 aromatic carbocycles. The molecular formula is C16H22N2O2. The van der Waals surface area contributed by atoms with Crippen molar-refractivity contribution >= 4 is 11.6 Å². The number of fused-ring (bicyclic) bond motifs is 2. The Morgan fingerprint density at radius 1 is 1.35 bits per heavy atom. The van der Waals surface area contributed by atoms with E-state index in [2.05, 4.69) is 5.32 Å². The molecule has 2 saturated carbocycles. The van der Waals surface area contributed by atoms with E-state index in [1.807, 2.05) is 0 Å². The van der Waals surface area contributed by atoms with E-state index < -0.39 is 0 Å². The highest BCUT2D eigenvalue weighted by Crippen LogP contribution is 2.47. The van der Waals surface area contributed by atoms with Gasteiger partial charge in [-0.1, -0.05) is 6.42 Å². The van der Waals surface area contributed by atoms with Gasteiger partial charge in [-0.3, -0.25) is 4.79 Å². The number of nitrogens with one attached hydrogen (secondary N) is 1. The van der Waals surface area contributed by atoms with Gasteiger partial charge in [0.1, 0.15) is 5.75 Å². The molecule has 4 nitrogen and oxygen atoms in total. The number of hydrogen-bond donors (Lipinski definition) is 2. The molecule has 0 radical (unpaired) electrons. The molecule has 3 atom stereocenters. The fourth-order valence-electron chi connectivity index (χ4n) is 3.82. The molecule has 1 amide bonds. The highest BCUT2D eigenvalue weighted by molar-refractivity contribution is 5.95. The Labute approximate surface area is 119 Å². The molecule has 108 valence electrons.